The average Bonchev–Trinajstić information content (AvgIpc) is 2.41. The normalized spacial score (nSPS) is 12.0. The molecule has 0 radical (unpaired) electrons. The van der Waals surface area contributed by atoms with Crippen molar-refractivity contribution in [1.29, 1.82) is 0 Å². The molecule has 3 heteroatoms. The maximum atomic E-state index is 9.90. The first-order valence-electron chi connectivity index (χ1n) is 6.81. The van der Waals surface area contributed by atoms with E-state index in [1.807, 2.05) is 39.2 Å². The summed E-state index contributed by atoms with van der Waals surface area (Å²) in [4.78, 5) is 2.10. The number of nitrogens with one attached hydrogen (secondary N) is 1. The summed E-state index contributed by atoms with van der Waals surface area (Å²) < 4.78 is 0. The summed E-state index contributed by atoms with van der Waals surface area (Å²) in [5, 5.41) is 13.3. The predicted octanol–water partition coefficient (Wildman–Crippen LogP) is 3.94. The minimum atomic E-state index is 0.0499. The summed E-state index contributed by atoms with van der Waals surface area (Å²) in [6.45, 7) is 4.15. The summed E-state index contributed by atoms with van der Waals surface area (Å²) in [7, 11) is 4.08. The van der Waals surface area contributed by atoms with Gasteiger partial charge in [0, 0.05) is 31.0 Å². The SMILES string of the molecule is Cc1ccc(NC(C)c2ccccc2O)cc1N(C)C. The Morgan fingerprint density at radius 2 is 1.80 bits per heavy atom. The molecule has 106 valence electrons. The number of benzene rings is 2. The maximum Gasteiger partial charge on any atom is 0.120 e. The van der Waals surface area contributed by atoms with Crippen LogP contribution in [0.1, 0.15) is 24.1 Å². The second-order valence-corrected chi connectivity index (χ2v) is 5.32. The van der Waals surface area contributed by atoms with Crippen molar-refractivity contribution in [3.05, 3.63) is 53.6 Å². The quantitative estimate of drug-likeness (QED) is 0.883. The molecule has 0 aliphatic carbocycles. The van der Waals surface area contributed by atoms with E-state index < -0.39 is 0 Å². The smallest absolute Gasteiger partial charge is 0.120 e. The van der Waals surface area contributed by atoms with Gasteiger partial charge in [-0.3, -0.25) is 0 Å². The molecule has 0 spiro atoms. The summed E-state index contributed by atoms with van der Waals surface area (Å²) >= 11 is 0. The van der Waals surface area contributed by atoms with Gasteiger partial charge in [-0.15, -0.1) is 0 Å². The molecule has 1 unspecified atom stereocenters. The molecule has 1 atom stereocenters. The molecule has 0 heterocycles. The standard InChI is InChI=1S/C17H22N2O/c1-12-9-10-14(11-16(12)19(3)4)18-13(2)15-7-5-6-8-17(15)20/h5-11,13,18,20H,1-4H3. The second kappa shape index (κ2) is 5.87. The van der Waals surface area contributed by atoms with Crippen LogP contribution in [0.4, 0.5) is 11.4 Å². The van der Waals surface area contributed by atoms with Gasteiger partial charge >= 0.3 is 0 Å². The summed E-state index contributed by atoms with van der Waals surface area (Å²) in [5.74, 6) is 0.326. The Labute approximate surface area is 120 Å². The van der Waals surface area contributed by atoms with E-state index in [-0.39, 0.29) is 6.04 Å². The van der Waals surface area contributed by atoms with Gasteiger partial charge in [-0.1, -0.05) is 24.3 Å². The fourth-order valence-electron chi connectivity index (χ4n) is 2.36. The van der Waals surface area contributed by atoms with Gasteiger partial charge in [0.25, 0.3) is 0 Å². The monoisotopic (exact) mass is 270 g/mol. The summed E-state index contributed by atoms with van der Waals surface area (Å²) in [6, 6.07) is 13.8. The number of nitrogens with zero attached hydrogens (tertiary/aromatic N) is 1. The number of rotatable bonds is 4. The van der Waals surface area contributed by atoms with Gasteiger partial charge < -0.3 is 15.3 Å². The molecule has 0 fully saturated rings. The van der Waals surface area contributed by atoms with E-state index in [2.05, 4.69) is 35.3 Å². The number of anilines is 2. The van der Waals surface area contributed by atoms with E-state index in [4.69, 9.17) is 0 Å². The van der Waals surface area contributed by atoms with Crippen LogP contribution in [0.15, 0.2) is 42.5 Å². The van der Waals surface area contributed by atoms with Crippen LogP contribution < -0.4 is 10.2 Å². The van der Waals surface area contributed by atoms with E-state index in [1.165, 1.54) is 11.3 Å². The number of phenolic OH excluding ortho intramolecular Hbond substituents is 1. The van der Waals surface area contributed by atoms with E-state index >= 15 is 0 Å². The number of aryl methyl sites for hydroxylation is 1. The first-order chi connectivity index (χ1) is 9.49. The molecule has 2 rings (SSSR count). The lowest BCUT2D eigenvalue weighted by Crippen LogP contribution is -2.12. The fraction of sp³-hybridized carbons (Fsp3) is 0.294. The minimum Gasteiger partial charge on any atom is -0.508 e. The Kier molecular flexibility index (Phi) is 4.18. The molecule has 2 aromatic carbocycles. The van der Waals surface area contributed by atoms with E-state index in [1.54, 1.807) is 6.07 Å². The Hall–Kier alpha value is -2.16. The van der Waals surface area contributed by atoms with Gasteiger partial charge in [-0.2, -0.15) is 0 Å². The lowest BCUT2D eigenvalue weighted by atomic mass is 10.1. The second-order valence-electron chi connectivity index (χ2n) is 5.32. The molecule has 2 aromatic rings. The van der Waals surface area contributed by atoms with Crippen molar-refractivity contribution in [2.45, 2.75) is 19.9 Å². The number of para-hydroxylation sites is 1. The fourth-order valence-corrected chi connectivity index (χ4v) is 2.36. The zero-order chi connectivity index (χ0) is 14.7. The molecule has 0 amide bonds. The van der Waals surface area contributed by atoms with Gasteiger partial charge in [-0.05, 0) is 37.6 Å². The highest BCUT2D eigenvalue weighted by Gasteiger charge is 2.10. The molecule has 0 aromatic heterocycles. The van der Waals surface area contributed by atoms with Crippen LogP contribution in [-0.2, 0) is 0 Å². The van der Waals surface area contributed by atoms with Crippen molar-refractivity contribution in [2.75, 3.05) is 24.3 Å². The van der Waals surface area contributed by atoms with E-state index in [0.717, 1.165) is 11.3 Å². The van der Waals surface area contributed by atoms with Gasteiger partial charge in [0.2, 0.25) is 0 Å². The average molecular weight is 270 g/mol. The highest BCUT2D eigenvalue weighted by Crippen LogP contribution is 2.29. The van der Waals surface area contributed by atoms with Crippen LogP contribution in [0, 0.1) is 6.92 Å². The first-order valence-corrected chi connectivity index (χ1v) is 6.81. The van der Waals surface area contributed by atoms with Crippen LogP contribution in [-0.4, -0.2) is 19.2 Å². The lowest BCUT2D eigenvalue weighted by molar-refractivity contribution is 0.465. The molecular weight excluding hydrogens is 248 g/mol. The van der Waals surface area contributed by atoms with Crippen LogP contribution in [0.2, 0.25) is 0 Å². The Morgan fingerprint density at radius 3 is 2.45 bits per heavy atom. The molecule has 3 nitrogen and oxygen atoms in total. The van der Waals surface area contributed by atoms with Gasteiger partial charge in [0.15, 0.2) is 0 Å². The zero-order valence-electron chi connectivity index (χ0n) is 12.5. The predicted molar refractivity (Wildman–Crippen MR) is 85.7 cm³/mol. The third-order valence-electron chi connectivity index (χ3n) is 3.48. The van der Waals surface area contributed by atoms with E-state index in [0.29, 0.717) is 5.75 Å². The van der Waals surface area contributed by atoms with E-state index in [9.17, 15) is 5.11 Å². The number of hydrogen-bond donors (Lipinski definition) is 2. The lowest BCUT2D eigenvalue weighted by Gasteiger charge is -2.20. The van der Waals surface area contributed by atoms with Crippen molar-refractivity contribution in [3.63, 3.8) is 0 Å². The Morgan fingerprint density at radius 1 is 1.10 bits per heavy atom. The number of phenols is 1. The van der Waals surface area contributed by atoms with Gasteiger partial charge in [0.05, 0.1) is 6.04 Å². The highest BCUT2D eigenvalue weighted by molar-refractivity contribution is 5.62. The summed E-state index contributed by atoms with van der Waals surface area (Å²) in [5.41, 5.74) is 4.39. The molecule has 0 bridgehead atoms. The van der Waals surface area contributed by atoms with Crippen molar-refractivity contribution >= 4 is 11.4 Å². The van der Waals surface area contributed by atoms with Crippen molar-refractivity contribution < 1.29 is 5.11 Å². The maximum absolute atomic E-state index is 9.90. The topological polar surface area (TPSA) is 35.5 Å². The highest BCUT2D eigenvalue weighted by atomic mass is 16.3. The summed E-state index contributed by atoms with van der Waals surface area (Å²) in [6.07, 6.45) is 0. The first kappa shape index (κ1) is 14.3. The van der Waals surface area contributed by atoms with Crippen molar-refractivity contribution in [3.8, 4) is 5.75 Å². The van der Waals surface area contributed by atoms with Crippen LogP contribution >= 0.6 is 0 Å². The molecule has 0 saturated carbocycles. The molecule has 20 heavy (non-hydrogen) atoms. The number of hydrogen-bond acceptors (Lipinski definition) is 3. The van der Waals surface area contributed by atoms with Crippen LogP contribution in [0.25, 0.3) is 0 Å². The zero-order valence-corrected chi connectivity index (χ0v) is 12.5. The largest absolute Gasteiger partial charge is 0.508 e. The van der Waals surface area contributed by atoms with Gasteiger partial charge in [0.1, 0.15) is 5.75 Å². The molecule has 0 saturated heterocycles. The molecular formula is C17H22N2O. The van der Waals surface area contributed by atoms with Crippen LogP contribution in [0.3, 0.4) is 0 Å². The van der Waals surface area contributed by atoms with Crippen molar-refractivity contribution in [2.24, 2.45) is 0 Å². The minimum absolute atomic E-state index is 0.0499. The molecule has 0 aliphatic rings. The third kappa shape index (κ3) is 3.05. The van der Waals surface area contributed by atoms with Gasteiger partial charge in [-0.25, -0.2) is 0 Å². The molecule has 0 aliphatic heterocycles. The molecule has 2 N–H and O–H groups in total. The van der Waals surface area contributed by atoms with Crippen LogP contribution in [0.5, 0.6) is 5.75 Å². The Balaban J connectivity index is 2.22. The van der Waals surface area contributed by atoms with Crippen molar-refractivity contribution in [1.82, 2.24) is 0 Å². The third-order valence-corrected chi connectivity index (χ3v) is 3.48. The Bertz CT molecular complexity index is 593. The number of aromatic hydroxyl groups is 1.